The Kier molecular flexibility index (Phi) is 4.54. The molecule has 1 heterocycles. The summed E-state index contributed by atoms with van der Waals surface area (Å²) in [4.78, 5) is 2.35. The van der Waals surface area contributed by atoms with Crippen molar-refractivity contribution in [1.82, 2.24) is 10.2 Å². The fourth-order valence-corrected chi connectivity index (χ4v) is 2.98. The van der Waals surface area contributed by atoms with Crippen LogP contribution in [0.25, 0.3) is 0 Å². The summed E-state index contributed by atoms with van der Waals surface area (Å²) in [5, 5.41) is 4.69. The Balaban J connectivity index is 1.94. The van der Waals surface area contributed by atoms with Crippen LogP contribution in [0.4, 0.5) is 0 Å². The van der Waals surface area contributed by atoms with Gasteiger partial charge in [-0.25, -0.2) is 0 Å². The van der Waals surface area contributed by atoms with E-state index in [9.17, 15) is 0 Å². The summed E-state index contributed by atoms with van der Waals surface area (Å²) in [6.45, 7) is 6.60. The zero-order valence-corrected chi connectivity index (χ0v) is 12.5. The Labute approximate surface area is 119 Å². The van der Waals surface area contributed by atoms with Gasteiger partial charge in [0, 0.05) is 19.6 Å². The summed E-state index contributed by atoms with van der Waals surface area (Å²) in [5.41, 5.74) is 1.60. The second-order valence-corrected chi connectivity index (χ2v) is 6.47. The molecule has 4 heteroatoms. The van der Waals surface area contributed by atoms with Gasteiger partial charge in [-0.15, -0.1) is 0 Å². The van der Waals surface area contributed by atoms with Crippen LogP contribution in [-0.4, -0.2) is 31.6 Å². The molecule has 1 saturated heterocycles. The molecule has 2 rings (SSSR count). The molecule has 0 bridgehead atoms. The van der Waals surface area contributed by atoms with Gasteiger partial charge >= 0.3 is 0 Å². The molecular weight excluding hydrogens is 267 g/mol. The lowest BCUT2D eigenvalue weighted by atomic mass is 9.89. The molecule has 1 aliphatic heterocycles. The van der Waals surface area contributed by atoms with Gasteiger partial charge in [0.15, 0.2) is 0 Å². The molecule has 1 aromatic carbocycles. The predicted molar refractivity (Wildman–Crippen MR) is 78.4 cm³/mol. The molecule has 1 unspecified atom stereocenters. The van der Waals surface area contributed by atoms with E-state index in [1.165, 1.54) is 12.0 Å². The molecule has 1 aliphatic rings. The van der Waals surface area contributed by atoms with E-state index in [0.29, 0.717) is 15.5 Å². The molecule has 18 heavy (non-hydrogen) atoms. The van der Waals surface area contributed by atoms with Crippen LogP contribution >= 0.6 is 23.2 Å². The van der Waals surface area contributed by atoms with E-state index in [-0.39, 0.29) is 0 Å². The van der Waals surface area contributed by atoms with Gasteiger partial charge in [-0.05, 0) is 43.1 Å². The summed E-state index contributed by atoms with van der Waals surface area (Å²) in [5.74, 6) is 0. The van der Waals surface area contributed by atoms with E-state index >= 15 is 0 Å². The van der Waals surface area contributed by atoms with Gasteiger partial charge in [0.1, 0.15) is 0 Å². The van der Waals surface area contributed by atoms with Crippen molar-refractivity contribution in [2.75, 3.05) is 26.7 Å². The van der Waals surface area contributed by atoms with Crippen LogP contribution in [0.1, 0.15) is 18.9 Å². The topological polar surface area (TPSA) is 15.3 Å². The quantitative estimate of drug-likeness (QED) is 0.912. The number of hydrogen-bond donors (Lipinski definition) is 1. The minimum atomic E-state index is 0.394. The van der Waals surface area contributed by atoms with Gasteiger partial charge in [0.25, 0.3) is 0 Å². The summed E-state index contributed by atoms with van der Waals surface area (Å²) in [6, 6.07) is 5.86. The first-order chi connectivity index (χ1) is 8.48. The first-order valence-corrected chi connectivity index (χ1v) is 7.07. The third-order valence-corrected chi connectivity index (χ3v) is 4.28. The lowest BCUT2D eigenvalue weighted by molar-refractivity contribution is 0.203. The average Bonchev–Trinajstić information content (AvgIpc) is 2.70. The first-order valence-electron chi connectivity index (χ1n) is 6.32. The van der Waals surface area contributed by atoms with Crippen molar-refractivity contribution in [3.63, 3.8) is 0 Å². The van der Waals surface area contributed by atoms with Crippen molar-refractivity contribution in [2.45, 2.75) is 19.9 Å². The minimum absolute atomic E-state index is 0.394. The van der Waals surface area contributed by atoms with Crippen molar-refractivity contribution in [1.29, 1.82) is 0 Å². The number of halogens is 2. The molecule has 1 N–H and O–H groups in total. The maximum absolute atomic E-state index is 6.03. The molecule has 100 valence electrons. The van der Waals surface area contributed by atoms with E-state index in [0.717, 1.165) is 26.2 Å². The highest BCUT2D eigenvalue weighted by Gasteiger charge is 2.29. The fraction of sp³-hybridized carbons (Fsp3) is 0.571. The molecular formula is C14H20Cl2N2. The SMILES string of the molecule is CN(Cc1ccc(Cl)c(Cl)c1)CC1(C)CCNC1. The summed E-state index contributed by atoms with van der Waals surface area (Å²) >= 11 is 12.0. The Morgan fingerprint density at radius 1 is 1.33 bits per heavy atom. The average molecular weight is 287 g/mol. The van der Waals surface area contributed by atoms with Crippen molar-refractivity contribution < 1.29 is 0 Å². The number of nitrogens with zero attached hydrogens (tertiary/aromatic N) is 1. The van der Waals surface area contributed by atoms with Crippen molar-refractivity contribution in [2.24, 2.45) is 5.41 Å². The third-order valence-electron chi connectivity index (χ3n) is 3.55. The highest BCUT2D eigenvalue weighted by molar-refractivity contribution is 6.42. The van der Waals surface area contributed by atoms with Crippen LogP contribution in [0.5, 0.6) is 0 Å². The highest BCUT2D eigenvalue weighted by atomic mass is 35.5. The molecule has 2 nitrogen and oxygen atoms in total. The largest absolute Gasteiger partial charge is 0.316 e. The molecule has 0 aromatic heterocycles. The highest BCUT2D eigenvalue weighted by Crippen LogP contribution is 2.27. The monoisotopic (exact) mass is 286 g/mol. The number of rotatable bonds is 4. The Hall–Kier alpha value is -0.280. The zero-order valence-electron chi connectivity index (χ0n) is 11.0. The molecule has 0 saturated carbocycles. The second kappa shape index (κ2) is 5.79. The Morgan fingerprint density at radius 3 is 2.72 bits per heavy atom. The fourth-order valence-electron chi connectivity index (χ4n) is 2.66. The Bertz CT molecular complexity index is 414. The second-order valence-electron chi connectivity index (χ2n) is 5.66. The van der Waals surface area contributed by atoms with Gasteiger partial charge in [0.05, 0.1) is 10.0 Å². The van der Waals surface area contributed by atoms with Gasteiger partial charge in [-0.3, -0.25) is 0 Å². The summed E-state index contributed by atoms with van der Waals surface area (Å²) in [7, 11) is 2.16. The molecule has 0 radical (unpaired) electrons. The Morgan fingerprint density at radius 2 is 2.11 bits per heavy atom. The molecule has 0 aliphatic carbocycles. The summed E-state index contributed by atoms with van der Waals surface area (Å²) in [6.07, 6.45) is 1.25. The van der Waals surface area contributed by atoms with Crippen LogP contribution < -0.4 is 5.32 Å². The van der Waals surface area contributed by atoms with Crippen molar-refractivity contribution >= 4 is 23.2 Å². The summed E-state index contributed by atoms with van der Waals surface area (Å²) < 4.78 is 0. The van der Waals surface area contributed by atoms with Crippen LogP contribution in [0.3, 0.4) is 0 Å². The normalized spacial score (nSPS) is 23.8. The lowest BCUT2D eigenvalue weighted by Crippen LogP contribution is -2.34. The van der Waals surface area contributed by atoms with Crippen LogP contribution in [-0.2, 0) is 6.54 Å². The predicted octanol–water partition coefficient (Wildman–Crippen LogP) is 3.42. The molecule has 1 fully saturated rings. The third kappa shape index (κ3) is 3.61. The van der Waals surface area contributed by atoms with Crippen LogP contribution in [0, 0.1) is 5.41 Å². The lowest BCUT2D eigenvalue weighted by Gasteiger charge is -2.29. The van der Waals surface area contributed by atoms with Crippen LogP contribution in [0.15, 0.2) is 18.2 Å². The number of hydrogen-bond acceptors (Lipinski definition) is 2. The van der Waals surface area contributed by atoms with Gasteiger partial charge < -0.3 is 10.2 Å². The maximum Gasteiger partial charge on any atom is 0.0595 e. The molecule has 0 spiro atoms. The van der Waals surface area contributed by atoms with E-state index in [2.05, 4.69) is 24.2 Å². The molecule has 1 aromatic rings. The first kappa shape index (κ1) is 14.1. The maximum atomic E-state index is 6.03. The van der Waals surface area contributed by atoms with E-state index in [1.807, 2.05) is 18.2 Å². The number of nitrogens with one attached hydrogen (secondary N) is 1. The van der Waals surface area contributed by atoms with Gasteiger partial charge in [-0.2, -0.15) is 0 Å². The smallest absolute Gasteiger partial charge is 0.0595 e. The van der Waals surface area contributed by atoms with E-state index in [4.69, 9.17) is 23.2 Å². The van der Waals surface area contributed by atoms with Crippen molar-refractivity contribution in [3.05, 3.63) is 33.8 Å². The zero-order chi connectivity index (χ0) is 13.2. The van der Waals surface area contributed by atoms with E-state index in [1.54, 1.807) is 0 Å². The van der Waals surface area contributed by atoms with Gasteiger partial charge in [-0.1, -0.05) is 36.2 Å². The molecule has 1 atom stereocenters. The van der Waals surface area contributed by atoms with Crippen LogP contribution in [0.2, 0.25) is 10.0 Å². The van der Waals surface area contributed by atoms with E-state index < -0.39 is 0 Å². The van der Waals surface area contributed by atoms with Gasteiger partial charge in [0.2, 0.25) is 0 Å². The number of benzene rings is 1. The molecule has 0 amide bonds. The minimum Gasteiger partial charge on any atom is -0.316 e. The van der Waals surface area contributed by atoms with Crippen molar-refractivity contribution in [3.8, 4) is 0 Å². The standard InChI is InChI=1S/C14H20Cl2N2/c1-14(5-6-17-9-14)10-18(2)8-11-3-4-12(15)13(16)7-11/h3-4,7,17H,5-6,8-10H2,1-2H3.